The number of nitrogens with zero attached hydrogens (tertiary/aromatic N) is 2. The molecule has 1 fully saturated rings. The molecule has 1 aliphatic heterocycles. The molecular weight excluding hydrogens is 311 g/mol. The van der Waals surface area contributed by atoms with Crippen LogP contribution in [-0.2, 0) is 6.54 Å². The summed E-state index contributed by atoms with van der Waals surface area (Å²) < 4.78 is 2.30. The normalized spacial score (nSPS) is 18.6. The number of hydrogen-bond acceptors (Lipinski definition) is 2. The molecule has 1 saturated heterocycles. The average Bonchev–Trinajstić information content (AvgIpc) is 2.78. The summed E-state index contributed by atoms with van der Waals surface area (Å²) in [4.78, 5) is 4.68. The van der Waals surface area contributed by atoms with Crippen molar-refractivity contribution >= 4 is 46.0 Å². The largest absolute Gasteiger partial charge is 0.326 e. The van der Waals surface area contributed by atoms with Gasteiger partial charge in [0.05, 0.1) is 16.4 Å². The number of fused-ring (bicyclic) bond motifs is 1. The van der Waals surface area contributed by atoms with Gasteiger partial charge in [-0.3, -0.25) is 0 Å². The fourth-order valence-electron chi connectivity index (χ4n) is 2.80. The number of halogens is 2. The van der Waals surface area contributed by atoms with E-state index in [2.05, 4.69) is 27.4 Å². The van der Waals surface area contributed by atoms with Crippen molar-refractivity contribution in [2.45, 2.75) is 31.7 Å². The quantitative estimate of drug-likeness (QED) is 0.726. The molecule has 1 aromatic carbocycles. The summed E-state index contributed by atoms with van der Waals surface area (Å²) in [5, 5.41) is 0.643. The van der Waals surface area contributed by atoms with Crippen LogP contribution in [-0.4, -0.2) is 21.1 Å². The van der Waals surface area contributed by atoms with E-state index in [1.807, 2.05) is 19.1 Å². The summed E-state index contributed by atoms with van der Waals surface area (Å²) >= 11 is 14.4. The SMILES string of the molecule is CC(Cl)c1nc2cc(Cl)ccc2n1CC1CCSCC1. The van der Waals surface area contributed by atoms with Crippen LogP contribution in [0.2, 0.25) is 5.02 Å². The van der Waals surface area contributed by atoms with Gasteiger partial charge in [-0.25, -0.2) is 4.98 Å². The highest BCUT2D eigenvalue weighted by Gasteiger charge is 2.20. The number of alkyl halides is 1. The minimum absolute atomic E-state index is 0.0841. The molecule has 2 aromatic rings. The Balaban J connectivity index is 1.99. The maximum atomic E-state index is 6.32. The Bertz CT molecular complexity index is 603. The molecule has 1 unspecified atom stereocenters. The molecule has 0 amide bonds. The monoisotopic (exact) mass is 328 g/mol. The lowest BCUT2D eigenvalue weighted by atomic mass is 10.0. The predicted molar refractivity (Wildman–Crippen MR) is 89.1 cm³/mol. The Morgan fingerprint density at radius 2 is 2.15 bits per heavy atom. The van der Waals surface area contributed by atoms with Crippen molar-refractivity contribution in [1.82, 2.24) is 9.55 Å². The van der Waals surface area contributed by atoms with Gasteiger partial charge >= 0.3 is 0 Å². The van der Waals surface area contributed by atoms with Crippen LogP contribution in [0.4, 0.5) is 0 Å². The first-order chi connectivity index (χ1) is 9.65. The lowest BCUT2D eigenvalue weighted by molar-refractivity contribution is 0.415. The molecule has 0 radical (unpaired) electrons. The van der Waals surface area contributed by atoms with Gasteiger partial charge < -0.3 is 4.57 Å². The van der Waals surface area contributed by atoms with Gasteiger partial charge in [0.15, 0.2) is 0 Å². The minimum Gasteiger partial charge on any atom is -0.326 e. The Labute approximate surface area is 133 Å². The van der Waals surface area contributed by atoms with Gasteiger partial charge in [-0.2, -0.15) is 11.8 Å². The average molecular weight is 329 g/mol. The summed E-state index contributed by atoms with van der Waals surface area (Å²) in [6, 6.07) is 5.92. The summed E-state index contributed by atoms with van der Waals surface area (Å²) in [5.41, 5.74) is 2.10. The molecule has 5 heteroatoms. The molecule has 0 N–H and O–H groups in total. The second-order valence-electron chi connectivity index (χ2n) is 5.39. The predicted octanol–water partition coefficient (Wildman–Crippen LogP) is 5.13. The number of aromatic nitrogens is 2. The van der Waals surface area contributed by atoms with Gasteiger partial charge in [0.2, 0.25) is 0 Å². The van der Waals surface area contributed by atoms with E-state index in [1.54, 1.807) is 0 Å². The molecule has 3 rings (SSSR count). The topological polar surface area (TPSA) is 17.8 Å². The molecule has 0 bridgehead atoms. The number of rotatable bonds is 3. The fourth-order valence-corrected chi connectivity index (χ4v) is 4.34. The molecular formula is C15H18Cl2N2S. The zero-order chi connectivity index (χ0) is 14.1. The van der Waals surface area contributed by atoms with Gasteiger partial charge in [0, 0.05) is 11.6 Å². The van der Waals surface area contributed by atoms with Crippen LogP contribution in [0, 0.1) is 5.92 Å². The van der Waals surface area contributed by atoms with E-state index >= 15 is 0 Å². The van der Waals surface area contributed by atoms with E-state index in [1.165, 1.54) is 24.3 Å². The summed E-state index contributed by atoms with van der Waals surface area (Å²) in [6.07, 6.45) is 2.57. The molecule has 1 aliphatic rings. The van der Waals surface area contributed by atoms with E-state index in [-0.39, 0.29) is 5.38 Å². The van der Waals surface area contributed by atoms with Crippen molar-refractivity contribution in [2.75, 3.05) is 11.5 Å². The number of thioether (sulfide) groups is 1. The second kappa shape index (κ2) is 6.17. The lowest BCUT2D eigenvalue weighted by Gasteiger charge is -2.23. The van der Waals surface area contributed by atoms with E-state index in [4.69, 9.17) is 23.2 Å². The first-order valence-corrected chi connectivity index (χ1v) is 8.99. The summed E-state index contributed by atoms with van der Waals surface area (Å²) in [6.45, 7) is 3.00. The minimum atomic E-state index is -0.0841. The molecule has 0 spiro atoms. The van der Waals surface area contributed by atoms with Crippen molar-refractivity contribution in [2.24, 2.45) is 5.92 Å². The zero-order valence-electron chi connectivity index (χ0n) is 11.5. The van der Waals surface area contributed by atoms with Gasteiger partial charge in [-0.15, -0.1) is 11.6 Å². The lowest BCUT2D eigenvalue weighted by Crippen LogP contribution is -2.18. The van der Waals surface area contributed by atoms with Crippen molar-refractivity contribution in [3.05, 3.63) is 29.0 Å². The van der Waals surface area contributed by atoms with Gasteiger partial charge in [-0.1, -0.05) is 11.6 Å². The van der Waals surface area contributed by atoms with Crippen LogP contribution in [0.5, 0.6) is 0 Å². The molecule has 1 aromatic heterocycles. The van der Waals surface area contributed by atoms with Crippen molar-refractivity contribution in [3.63, 3.8) is 0 Å². The molecule has 108 valence electrons. The Kier molecular flexibility index (Phi) is 4.49. The summed E-state index contributed by atoms with van der Waals surface area (Å²) in [5.74, 6) is 4.24. The van der Waals surface area contributed by atoms with Crippen molar-refractivity contribution in [3.8, 4) is 0 Å². The van der Waals surface area contributed by atoms with Gasteiger partial charge in [0.1, 0.15) is 5.82 Å². The highest BCUT2D eigenvalue weighted by atomic mass is 35.5. The Morgan fingerprint density at radius 1 is 1.40 bits per heavy atom. The Hall–Kier alpha value is -0.380. The molecule has 1 atom stereocenters. The zero-order valence-corrected chi connectivity index (χ0v) is 13.8. The van der Waals surface area contributed by atoms with Crippen LogP contribution in [0.25, 0.3) is 11.0 Å². The smallest absolute Gasteiger partial charge is 0.127 e. The maximum Gasteiger partial charge on any atom is 0.127 e. The number of benzene rings is 1. The van der Waals surface area contributed by atoms with E-state index < -0.39 is 0 Å². The maximum absolute atomic E-state index is 6.32. The second-order valence-corrected chi connectivity index (χ2v) is 7.70. The number of hydrogen-bond donors (Lipinski definition) is 0. The van der Waals surface area contributed by atoms with Crippen LogP contribution < -0.4 is 0 Å². The first kappa shape index (κ1) is 14.6. The van der Waals surface area contributed by atoms with E-state index in [9.17, 15) is 0 Å². The van der Waals surface area contributed by atoms with Crippen LogP contribution in [0.15, 0.2) is 18.2 Å². The third kappa shape index (κ3) is 2.95. The molecule has 0 aliphatic carbocycles. The highest BCUT2D eigenvalue weighted by molar-refractivity contribution is 7.99. The van der Waals surface area contributed by atoms with E-state index in [0.29, 0.717) is 0 Å². The van der Waals surface area contributed by atoms with Gasteiger partial charge in [-0.05, 0) is 55.4 Å². The third-order valence-electron chi connectivity index (χ3n) is 3.88. The number of imidazole rings is 1. The van der Waals surface area contributed by atoms with Crippen molar-refractivity contribution in [1.29, 1.82) is 0 Å². The first-order valence-electron chi connectivity index (χ1n) is 7.02. The standard InChI is InChI=1S/C15H18Cl2N2S/c1-10(16)15-18-13-8-12(17)2-3-14(13)19(15)9-11-4-6-20-7-5-11/h2-3,8,10-11H,4-7,9H2,1H3. The third-order valence-corrected chi connectivity index (χ3v) is 5.36. The van der Waals surface area contributed by atoms with E-state index in [0.717, 1.165) is 34.3 Å². The molecule has 20 heavy (non-hydrogen) atoms. The van der Waals surface area contributed by atoms with Gasteiger partial charge in [0.25, 0.3) is 0 Å². The fraction of sp³-hybridized carbons (Fsp3) is 0.533. The van der Waals surface area contributed by atoms with Crippen LogP contribution in [0.3, 0.4) is 0 Å². The van der Waals surface area contributed by atoms with Crippen molar-refractivity contribution < 1.29 is 0 Å². The van der Waals surface area contributed by atoms with Crippen LogP contribution >= 0.6 is 35.0 Å². The Morgan fingerprint density at radius 3 is 2.85 bits per heavy atom. The summed E-state index contributed by atoms with van der Waals surface area (Å²) in [7, 11) is 0. The molecule has 2 nitrogen and oxygen atoms in total. The van der Waals surface area contributed by atoms with Crippen LogP contribution in [0.1, 0.15) is 31.0 Å². The molecule has 0 saturated carbocycles. The molecule has 2 heterocycles. The highest BCUT2D eigenvalue weighted by Crippen LogP contribution is 2.30.